The summed E-state index contributed by atoms with van der Waals surface area (Å²) in [5, 5.41) is 3.43. The van der Waals surface area contributed by atoms with Crippen LogP contribution < -0.4 is 14.8 Å². The van der Waals surface area contributed by atoms with Crippen molar-refractivity contribution in [1.82, 2.24) is 5.32 Å². The van der Waals surface area contributed by atoms with Gasteiger partial charge in [0.25, 0.3) is 0 Å². The SMILES string of the molecule is CC(C)OCCCNCCSc1ccc2c(c1)OCCO2. The van der Waals surface area contributed by atoms with Crippen molar-refractivity contribution in [2.75, 3.05) is 38.7 Å². The van der Waals surface area contributed by atoms with Gasteiger partial charge in [0.1, 0.15) is 13.2 Å². The topological polar surface area (TPSA) is 39.7 Å². The van der Waals surface area contributed by atoms with E-state index in [4.69, 9.17) is 14.2 Å². The highest BCUT2D eigenvalue weighted by atomic mass is 32.2. The second-order valence-corrected chi connectivity index (χ2v) is 6.35. The van der Waals surface area contributed by atoms with Crippen molar-refractivity contribution in [3.8, 4) is 11.5 Å². The average Bonchev–Trinajstić information content (AvgIpc) is 2.49. The minimum absolute atomic E-state index is 0.329. The normalized spacial score (nSPS) is 13.7. The fourth-order valence-corrected chi connectivity index (χ4v) is 2.83. The molecule has 0 radical (unpaired) electrons. The highest BCUT2D eigenvalue weighted by Gasteiger charge is 2.11. The highest BCUT2D eigenvalue weighted by molar-refractivity contribution is 7.99. The van der Waals surface area contributed by atoms with Crippen molar-refractivity contribution in [3.05, 3.63) is 18.2 Å². The van der Waals surface area contributed by atoms with Crippen LogP contribution in [-0.4, -0.2) is 44.8 Å². The van der Waals surface area contributed by atoms with E-state index in [-0.39, 0.29) is 0 Å². The lowest BCUT2D eigenvalue weighted by molar-refractivity contribution is 0.0772. The molecule has 0 fully saturated rings. The lowest BCUT2D eigenvalue weighted by atomic mass is 10.3. The van der Waals surface area contributed by atoms with Crippen molar-refractivity contribution < 1.29 is 14.2 Å². The van der Waals surface area contributed by atoms with Crippen molar-refractivity contribution in [3.63, 3.8) is 0 Å². The largest absolute Gasteiger partial charge is 0.486 e. The first-order valence-electron chi connectivity index (χ1n) is 7.60. The molecule has 2 rings (SSSR count). The van der Waals surface area contributed by atoms with Gasteiger partial charge >= 0.3 is 0 Å². The summed E-state index contributed by atoms with van der Waals surface area (Å²) in [4.78, 5) is 1.23. The summed E-state index contributed by atoms with van der Waals surface area (Å²) >= 11 is 1.83. The van der Waals surface area contributed by atoms with E-state index in [1.807, 2.05) is 17.8 Å². The molecule has 1 aromatic carbocycles. The summed E-state index contributed by atoms with van der Waals surface area (Å²) < 4.78 is 16.6. The molecule has 0 saturated carbocycles. The number of benzene rings is 1. The van der Waals surface area contributed by atoms with Crippen LogP contribution in [-0.2, 0) is 4.74 Å². The summed E-state index contributed by atoms with van der Waals surface area (Å²) in [6.45, 7) is 8.26. The molecule has 1 aliphatic heterocycles. The van der Waals surface area contributed by atoms with Crippen LogP contribution in [0.3, 0.4) is 0 Å². The number of rotatable bonds is 9. The molecule has 21 heavy (non-hydrogen) atoms. The molecule has 1 aliphatic rings. The van der Waals surface area contributed by atoms with Crippen LogP contribution in [0.4, 0.5) is 0 Å². The van der Waals surface area contributed by atoms with Crippen LogP contribution in [0.15, 0.2) is 23.1 Å². The number of hydrogen-bond acceptors (Lipinski definition) is 5. The first-order chi connectivity index (χ1) is 10.3. The zero-order valence-corrected chi connectivity index (χ0v) is 13.7. The van der Waals surface area contributed by atoms with E-state index in [9.17, 15) is 0 Å². The fraction of sp³-hybridized carbons (Fsp3) is 0.625. The Morgan fingerprint density at radius 3 is 2.81 bits per heavy atom. The highest BCUT2D eigenvalue weighted by Crippen LogP contribution is 2.33. The standard InChI is InChI=1S/C16H25NO3S/c1-13(2)18-8-3-6-17-7-11-21-14-4-5-15-16(12-14)20-10-9-19-15/h4-5,12-13,17H,3,6-11H2,1-2H3. The van der Waals surface area contributed by atoms with Crippen molar-refractivity contribution in [2.24, 2.45) is 0 Å². The van der Waals surface area contributed by atoms with E-state index >= 15 is 0 Å². The molecule has 1 heterocycles. The maximum absolute atomic E-state index is 5.59. The smallest absolute Gasteiger partial charge is 0.162 e. The number of fused-ring (bicyclic) bond motifs is 1. The summed E-state index contributed by atoms with van der Waals surface area (Å²) in [6, 6.07) is 6.15. The van der Waals surface area contributed by atoms with E-state index in [0.717, 1.165) is 43.4 Å². The second-order valence-electron chi connectivity index (χ2n) is 5.18. The number of thioether (sulfide) groups is 1. The van der Waals surface area contributed by atoms with Crippen LogP contribution in [0.1, 0.15) is 20.3 Å². The summed E-state index contributed by atoms with van der Waals surface area (Å²) in [5.74, 6) is 2.77. The maximum Gasteiger partial charge on any atom is 0.162 e. The van der Waals surface area contributed by atoms with Crippen LogP contribution in [0.2, 0.25) is 0 Å². The number of hydrogen-bond donors (Lipinski definition) is 1. The zero-order chi connectivity index (χ0) is 14.9. The van der Waals surface area contributed by atoms with Gasteiger partial charge in [-0.1, -0.05) is 0 Å². The first kappa shape index (κ1) is 16.5. The fourth-order valence-electron chi connectivity index (χ4n) is 2.00. The molecule has 1 aromatic rings. The molecule has 0 bridgehead atoms. The van der Waals surface area contributed by atoms with E-state index in [1.165, 1.54) is 4.90 Å². The Balaban J connectivity index is 1.56. The van der Waals surface area contributed by atoms with Gasteiger partial charge in [-0.2, -0.15) is 0 Å². The molecule has 118 valence electrons. The quantitative estimate of drug-likeness (QED) is 0.561. The van der Waals surface area contributed by atoms with Gasteiger partial charge in [0.2, 0.25) is 0 Å². The van der Waals surface area contributed by atoms with Crippen LogP contribution >= 0.6 is 11.8 Å². The van der Waals surface area contributed by atoms with Gasteiger partial charge < -0.3 is 19.5 Å². The molecule has 0 unspecified atom stereocenters. The van der Waals surface area contributed by atoms with Gasteiger partial charge in [0.15, 0.2) is 11.5 Å². The predicted octanol–water partition coefficient (Wildman–Crippen LogP) is 2.95. The molecule has 0 atom stereocenters. The Morgan fingerprint density at radius 2 is 2.00 bits per heavy atom. The van der Waals surface area contributed by atoms with Gasteiger partial charge in [-0.3, -0.25) is 0 Å². The minimum Gasteiger partial charge on any atom is -0.486 e. The van der Waals surface area contributed by atoms with Crippen LogP contribution in [0.25, 0.3) is 0 Å². The Morgan fingerprint density at radius 1 is 1.19 bits per heavy atom. The van der Waals surface area contributed by atoms with E-state index in [0.29, 0.717) is 19.3 Å². The molecular weight excluding hydrogens is 286 g/mol. The molecule has 5 heteroatoms. The number of nitrogens with one attached hydrogen (secondary N) is 1. The molecule has 0 spiro atoms. The zero-order valence-electron chi connectivity index (χ0n) is 12.9. The maximum atomic E-state index is 5.59. The Bertz CT molecular complexity index is 426. The summed E-state index contributed by atoms with van der Waals surface area (Å²) in [7, 11) is 0. The molecule has 1 N–H and O–H groups in total. The van der Waals surface area contributed by atoms with Crippen molar-refractivity contribution >= 4 is 11.8 Å². The molecule has 4 nitrogen and oxygen atoms in total. The Hall–Kier alpha value is -0.910. The average molecular weight is 311 g/mol. The molecular formula is C16H25NO3S. The Kier molecular flexibility index (Phi) is 7.19. The van der Waals surface area contributed by atoms with Gasteiger partial charge in [0, 0.05) is 23.8 Å². The summed E-state index contributed by atoms with van der Waals surface area (Å²) in [5.41, 5.74) is 0. The first-order valence-corrected chi connectivity index (χ1v) is 8.59. The minimum atomic E-state index is 0.329. The van der Waals surface area contributed by atoms with Gasteiger partial charge in [-0.05, 0) is 45.0 Å². The van der Waals surface area contributed by atoms with Crippen LogP contribution in [0.5, 0.6) is 11.5 Å². The lowest BCUT2D eigenvalue weighted by Gasteiger charge is -2.18. The van der Waals surface area contributed by atoms with E-state index in [1.54, 1.807) is 0 Å². The van der Waals surface area contributed by atoms with Crippen LogP contribution in [0, 0.1) is 0 Å². The molecule has 0 aromatic heterocycles. The third-order valence-corrected chi connectivity index (χ3v) is 4.01. The molecule has 0 saturated heterocycles. The third-order valence-electron chi connectivity index (χ3n) is 3.01. The predicted molar refractivity (Wildman–Crippen MR) is 86.7 cm³/mol. The molecule has 0 amide bonds. The lowest BCUT2D eigenvalue weighted by Crippen LogP contribution is -2.20. The Labute approximate surface area is 131 Å². The van der Waals surface area contributed by atoms with E-state index in [2.05, 4.69) is 31.3 Å². The van der Waals surface area contributed by atoms with E-state index < -0.39 is 0 Å². The monoisotopic (exact) mass is 311 g/mol. The van der Waals surface area contributed by atoms with Crippen molar-refractivity contribution in [2.45, 2.75) is 31.3 Å². The van der Waals surface area contributed by atoms with Gasteiger partial charge in [-0.25, -0.2) is 0 Å². The summed E-state index contributed by atoms with van der Waals surface area (Å²) in [6.07, 6.45) is 1.39. The number of ether oxygens (including phenoxy) is 3. The molecule has 0 aliphatic carbocycles. The van der Waals surface area contributed by atoms with Gasteiger partial charge in [0.05, 0.1) is 6.10 Å². The second kappa shape index (κ2) is 9.18. The third kappa shape index (κ3) is 6.16. The van der Waals surface area contributed by atoms with Gasteiger partial charge in [-0.15, -0.1) is 11.8 Å². The van der Waals surface area contributed by atoms with Crippen molar-refractivity contribution in [1.29, 1.82) is 0 Å².